The van der Waals surface area contributed by atoms with Gasteiger partial charge >= 0.3 is 0 Å². The van der Waals surface area contributed by atoms with Crippen LogP contribution in [0.25, 0.3) is 33.5 Å². The third-order valence-electron chi connectivity index (χ3n) is 4.44. The van der Waals surface area contributed by atoms with Crippen molar-refractivity contribution in [2.45, 2.75) is 0 Å². The highest BCUT2D eigenvalue weighted by molar-refractivity contribution is 5.94. The van der Waals surface area contributed by atoms with Gasteiger partial charge in [0.15, 0.2) is 5.82 Å². The molecule has 0 aliphatic rings. The van der Waals surface area contributed by atoms with E-state index in [-0.39, 0.29) is 0 Å². The maximum absolute atomic E-state index is 5.55. The maximum Gasteiger partial charge on any atom is 0.182 e. The topological polar surface area (TPSA) is 82.1 Å². The minimum Gasteiger partial charge on any atom is -0.496 e. The Labute approximate surface area is 162 Å². The van der Waals surface area contributed by atoms with E-state index in [0.29, 0.717) is 11.5 Å². The molecular weight excluding hydrogens is 354 g/mol. The highest BCUT2D eigenvalue weighted by Crippen LogP contribution is 2.39. The van der Waals surface area contributed by atoms with E-state index < -0.39 is 0 Å². The molecule has 2 heterocycles. The molecule has 0 spiro atoms. The molecule has 0 amide bonds. The quantitative estimate of drug-likeness (QED) is 0.569. The molecule has 28 heavy (non-hydrogen) atoms. The van der Waals surface area contributed by atoms with Gasteiger partial charge in [0.25, 0.3) is 0 Å². The second kappa shape index (κ2) is 7.48. The standard InChI is InChI=1S/C21H19N5O2/c1-22-20-14-8-7-13(19-17(27-2)5-4-6-18(19)28-3)11-15(14)25-21(26-20)16-12-23-9-10-24-16/h4-12H,1-3H3,(H,22,25,26). The summed E-state index contributed by atoms with van der Waals surface area (Å²) in [5.41, 5.74) is 3.21. The Balaban J connectivity index is 1.95. The number of nitrogens with zero attached hydrogens (tertiary/aromatic N) is 4. The van der Waals surface area contributed by atoms with Gasteiger partial charge in [0.2, 0.25) is 0 Å². The average molecular weight is 373 g/mol. The highest BCUT2D eigenvalue weighted by atomic mass is 16.5. The monoisotopic (exact) mass is 373 g/mol. The number of anilines is 1. The number of aromatic nitrogens is 4. The lowest BCUT2D eigenvalue weighted by atomic mass is 10.0. The van der Waals surface area contributed by atoms with Crippen molar-refractivity contribution in [3.05, 3.63) is 55.0 Å². The molecule has 0 fully saturated rings. The molecule has 2 aromatic heterocycles. The number of methoxy groups -OCH3 is 2. The number of fused-ring (bicyclic) bond motifs is 1. The van der Waals surface area contributed by atoms with Gasteiger partial charge in [0.05, 0.1) is 31.5 Å². The molecule has 4 rings (SSSR count). The van der Waals surface area contributed by atoms with Crippen molar-refractivity contribution in [2.75, 3.05) is 26.6 Å². The summed E-state index contributed by atoms with van der Waals surface area (Å²) in [7, 11) is 5.12. The first-order valence-electron chi connectivity index (χ1n) is 8.72. The minimum atomic E-state index is 0.508. The molecule has 4 aromatic rings. The van der Waals surface area contributed by atoms with Crippen molar-refractivity contribution < 1.29 is 9.47 Å². The lowest BCUT2D eigenvalue weighted by Crippen LogP contribution is -2.00. The van der Waals surface area contributed by atoms with Crippen LogP contribution in [0.1, 0.15) is 0 Å². The van der Waals surface area contributed by atoms with Crippen LogP contribution in [0.15, 0.2) is 55.0 Å². The Morgan fingerprint density at radius 1 is 0.929 bits per heavy atom. The van der Waals surface area contributed by atoms with Crippen LogP contribution in [-0.2, 0) is 0 Å². The Kier molecular flexibility index (Phi) is 4.72. The first kappa shape index (κ1) is 17.7. The first-order valence-corrected chi connectivity index (χ1v) is 8.72. The van der Waals surface area contributed by atoms with Crippen molar-refractivity contribution in [3.8, 4) is 34.1 Å². The van der Waals surface area contributed by atoms with Gasteiger partial charge in [-0.3, -0.25) is 4.98 Å². The van der Waals surface area contributed by atoms with E-state index in [9.17, 15) is 0 Å². The number of ether oxygens (including phenoxy) is 2. The van der Waals surface area contributed by atoms with E-state index in [0.717, 1.165) is 39.3 Å². The molecule has 0 atom stereocenters. The smallest absolute Gasteiger partial charge is 0.182 e. The van der Waals surface area contributed by atoms with Crippen LogP contribution in [0.3, 0.4) is 0 Å². The fourth-order valence-corrected chi connectivity index (χ4v) is 3.14. The summed E-state index contributed by atoms with van der Waals surface area (Å²) in [6.45, 7) is 0. The Bertz CT molecular complexity index is 1110. The Morgan fingerprint density at radius 3 is 2.36 bits per heavy atom. The lowest BCUT2D eigenvalue weighted by molar-refractivity contribution is 0.397. The highest BCUT2D eigenvalue weighted by Gasteiger charge is 2.15. The molecule has 0 unspecified atom stereocenters. The molecule has 0 radical (unpaired) electrons. The van der Waals surface area contributed by atoms with Crippen LogP contribution in [0.4, 0.5) is 5.82 Å². The van der Waals surface area contributed by atoms with Gasteiger partial charge in [0, 0.05) is 24.8 Å². The average Bonchev–Trinajstić information content (AvgIpc) is 2.77. The van der Waals surface area contributed by atoms with Crippen LogP contribution in [0.5, 0.6) is 11.5 Å². The molecule has 0 aliphatic heterocycles. The summed E-state index contributed by atoms with van der Waals surface area (Å²) in [4.78, 5) is 17.7. The van der Waals surface area contributed by atoms with E-state index in [2.05, 4.69) is 20.3 Å². The summed E-state index contributed by atoms with van der Waals surface area (Å²) in [5.74, 6) is 2.70. The van der Waals surface area contributed by atoms with E-state index in [1.807, 2.05) is 43.4 Å². The lowest BCUT2D eigenvalue weighted by Gasteiger charge is -2.14. The zero-order valence-corrected chi connectivity index (χ0v) is 15.8. The summed E-state index contributed by atoms with van der Waals surface area (Å²) in [6, 6.07) is 11.7. The largest absolute Gasteiger partial charge is 0.496 e. The van der Waals surface area contributed by atoms with Crippen molar-refractivity contribution in [3.63, 3.8) is 0 Å². The van der Waals surface area contributed by atoms with E-state index >= 15 is 0 Å². The van der Waals surface area contributed by atoms with Crippen molar-refractivity contribution in [2.24, 2.45) is 0 Å². The van der Waals surface area contributed by atoms with E-state index in [1.165, 1.54) is 0 Å². The number of hydrogen-bond donors (Lipinski definition) is 1. The van der Waals surface area contributed by atoms with Gasteiger partial charge in [-0.15, -0.1) is 0 Å². The molecule has 0 saturated carbocycles. The Morgan fingerprint density at radius 2 is 1.71 bits per heavy atom. The number of nitrogens with one attached hydrogen (secondary N) is 1. The molecule has 140 valence electrons. The fraction of sp³-hybridized carbons (Fsp3) is 0.143. The second-order valence-corrected chi connectivity index (χ2v) is 6.01. The molecule has 7 heteroatoms. The predicted molar refractivity (Wildman–Crippen MR) is 109 cm³/mol. The molecular formula is C21H19N5O2. The van der Waals surface area contributed by atoms with Gasteiger partial charge < -0.3 is 14.8 Å². The molecule has 0 aliphatic carbocycles. The van der Waals surface area contributed by atoms with Crippen LogP contribution >= 0.6 is 0 Å². The number of benzene rings is 2. The van der Waals surface area contributed by atoms with Crippen LogP contribution < -0.4 is 14.8 Å². The summed E-state index contributed by atoms with van der Waals surface area (Å²) in [6.07, 6.45) is 4.89. The molecule has 0 saturated heterocycles. The fourth-order valence-electron chi connectivity index (χ4n) is 3.14. The molecule has 7 nitrogen and oxygen atoms in total. The third-order valence-corrected chi connectivity index (χ3v) is 4.44. The zero-order valence-electron chi connectivity index (χ0n) is 15.8. The van der Waals surface area contributed by atoms with Gasteiger partial charge in [-0.2, -0.15) is 0 Å². The van der Waals surface area contributed by atoms with E-state index in [1.54, 1.807) is 32.8 Å². The third kappa shape index (κ3) is 3.07. The zero-order chi connectivity index (χ0) is 19.5. The van der Waals surface area contributed by atoms with Gasteiger partial charge in [-0.05, 0) is 29.8 Å². The van der Waals surface area contributed by atoms with E-state index in [4.69, 9.17) is 14.5 Å². The van der Waals surface area contributed by atoms with Crippen LogP contribution in [0.2, 0.25) is 0 Å². The molecule has 0 bridgehead atoms. The van der Waals surface area contributed by atoms with Gasteiger partial charge in [-0.1, -0.05) is 12.1 Å². The summed E-state index contributed by atoms with van der Waals surface area (Å²) >= 11 is 0. The normalized spacial score (nSPS) is 10.7. The van der Waals surface area contributed by atoms with Crippen molar-refractivity contribution >= 4 is 16.7 Å². The second-order valence-electron chi connectivity index (χ2n) is 6.01. The summed E-state index contributed by atoms with van der Waals surface area (Å²) in [5, 5.41) is 4.05. The SMILES string of the molecule is CNc1nc(-c2cnccn2)nc2cc(-c3c(OC)cccc3OC)ccc12. The van der Waals surface area contributed by atoms with Gasteiger partial charge in [-0.25, -0.2) is 15.0 Å². The van der Waals surface area contributed by atoms with Crippen molar-refractivity contribution in [1.29, 1.82) is 0 Å². The molecule has 2 aromatic carbocycles. The predicted octanol–water partition coefficient (Wildman–Crippen LogP) is 3.81. The Hall–Kier alpha value is -3.74. The van der Waals surface area contributed by atoms with Crippen LogP contribution in [0, 0.1) is 0 Å². The minimum absolute atomic E-state index is 0.508. The maximum atomic E-state index is 5.55. The van der Waals surface area contributed by atoms with Crippen LogP contribution in [-0.4, -0.2) is 41.2 Å². The first-order chi connectivity index (χ1) is 13.7. The molecule has 1 N–H and O–H groups in total. The van der Waals surface area contributed by atoms with Gasteiger partial charge in [0.1, 0.15) is 23.0 Å². The summed E-state index contributed by atoms with van der Waals surface area (Å²) < 4.78 is 11.1. The van der Waals surface area contributed by atoms with Crippen molar-refractivity contribution in [1.82, 2.24) is 19.9 Å². The number of rotatable bonds is 5. The number of hydrogen-bond acceptors (Lipinski definition) is 7.